The zero-order valence-corrected chi connectivity index (χ0v) is 10.8. The molecule has 1 atom stereocenters. The molecule has 0 bridgehead atoms. The number of halogens is 1. The number of nitrogens with one attached hydrogen (secondary N) is 1. The van der Waals surface area contributed by atoms with Gasteiger partial charge in [-0.25, -0.2) is 9.18 Å². The summed E-state index contributed by atoms with van der Waals surface area (Å²) in [4.78, 5) is 11.4. The number of benzene rings is 1. The Balaban J connectivity index is 2.78. The van der Waals surface area contributed by atoms with E-state index in [1.807, 2.05) is 6.92 Å². The van der Waals surface area contributed by atoms with Gasteiger partial charge in [0.1, 0.15) is 6.04 Å². The number of esters is 1. The lowest BCUT2D eigenvalue weighted by atomic mass is 10.2. The number of rotatable bonds is 6. The average molecular weight is 255 g/mol. The molecule has 0 saturated heterocycles. The molecule has 0 spiro atoms. The zero-order valence-electron chi connectivity index (χ0n) is 10.8. The molecule has 0 radical (unpaired) electrons. The standard InChI is InChI=1S/C13H18FNO3/c1-4-11(13(16)17-3)15-9-6-7-12(18-5-2)10(14)8-9/h6-8,11,15H,4-5H2,1-3H3. The Morgan fingerprint density at radius 1 is 1.44 bits per heavy atom. The SMILES string of the molecule is CCOc1ccc(NC(CC)C(=O)OC)cc1F. The molecule has 0 aliphatic carbocycles. The van der Waals surface area contributed by atoms with E-state index >= 15 is 0 Å². The van der Waals surface area contributed by atoms with Crippen molar-refractivity contribution in [1.82, 2.24) is 0 Å². The van der Waals surface area contributed by atoms with Crippen LogP contribution in [-0.2, 0) is 9.53 Å². The Bertz CT molecular complexity index is 409. The molecule has 1 unspecified atom stereocenters. The van der Waals surface area contributed by atoms with Crippen LogP contribution >= 0.6 is 0 Å². The van der Waals surface area contributed by atoms with Crippen LogP contribution in [0.1, 0.15) is 20.3 Å². The first kappa shape index (κ1) is 14.3. The van der Waals surface area contributed by atoms with Crippen molar-refractivity contribution in [3.05, 3.63) is 24.0 Å². The molecule has 1 aromatic rings. The summed E-state index contributed by atoms with van der Waals surface area (Å²) in [5, 5.41) is 2.92. The predicted octanol–water partition coefficient (Wildman–Crippen LogP) is 2.59. The molecular weight excluding hydrogens is 237 g/mol. The second kappa shape index (κ2) is 6.83. The minimum absolute atomic E-state index is 0.203. The lowest BCUT2D eigenvalue weighted by Crippen LogP contribution is -2.29. The van der Waals surface area contributed by atoms with Gasteiger partial charge in [0.15, 0.2) is 11.6 Å². The minimum atomic E-state index is -0.479. The van der Waals surface area contributed by atoms with Crippen LogP contribution in [0.5, 0.6) is 5.75 Å². The van der Waals surface area contributed by atoms with E-state index in [4.69, 9.17) is 4.74 Å². The van der Waals surface area contributed by atoms with Gasteiger partial charge in [0.2, 0.25) is 0 Å². The summed E-state index contributed by atoms with van der Waals surface area (Å²) in [6.07, 6.45) is 0.557. The molecule has 100 valence electrons. The van der Waals surface area contributed by atoms with E-state index in [1.54, 1.807) is 13.0 Å². The Kier molecular flexibility index (Phi) is 5.42. The van der Waals surface area contributed by atoms with E-state index in [9.17, 15) is 9.18 Å². The van der Waals surface area contributed by atoms with Crippen LogP contribution in [0.2, 0.25) is 0 Å². The van der Waals surface area contributed by atoms with Crippen LogP contribution < -0.4 is 10.1 Å². The van der Waals surface area contributed by atoms with Gasteiger partial charge in [0.05, 0.1) is 13.7 Å². The highest BCUT2D eigenvalue weighted by molar-refractivity contribution is 5.79. The summed E-state index contributed by atoms with van der Waals surface area (Å²) in [6.45, 7) is 4.04. The number of methoxy groups -OCH3 is 1. The molecular formula is C13H18FNO3. The van der Waals surface area contributed by atoms with Crippen molar-refractivity contribution in [3.63, 3.8) is 0 Å². The van der Waals surface area contributed by atoms with Crippen LogP contribution in [0.25, 0.3) is 0 Å². The van der Waals surface area contributed by atoms with E-state index < -0.39 is 11.9 Å². The Labute approximate surface area is 106 Å². The van der Waals surface area contributed by atoms with E-state index in [2.05, 4.69) is 10.1 Å². The fraction of sp³-hybridized carbons (Fsp3) is 0.462. The fourth-order valence-electron chi connectivity index (χ4n) is 1.53. The molecule has 1 rings (SSSR count). The van der Waals surface area contributed by atoms with Crippen molar-refractivity contribution in [2.45, 2.75) is 26.3 Å². The molecule has 0 aliphatic rings. The van der Waals surface area contributed by atoms with Gasteiger partial charge in [0.25, 0.3) is 0 Å². The Morgan fingerprint density at radius 2 is 2.17 bits per heavy atom. The topological polar surface area (TPSA) is 47.6 Å². The summed E-state index contributed by atoms with van der Waals surface area (Å²) in [6, 6.07) is 4.02. The summed E-state index contributed by atoms with van der Waals surface area (Å²) in [7, 11) is 1.32. The third-order valence-corrected chi connectivity index (χ3v) is 2.47. The highest BCUT2D eigenvalue weighted by Gasteiger charge is 2.17. The molecule has 5 heteroatoms. The maximum Gasteiger partial charge on any atom is 0.328 e. The molecule has 1 N–H and O–H groups in total. The van der Waals surface area contributed by atoms with Gasteiger partial charge < -0.3 is 14.8 Å². The average Bonchev–Trinajstić information content (AvgIpc) is 2.38. The van der Waals surface area contributed by atoms with Gasteiger partial charge in [-0.3, -0.25) is 0 Å². The molecule has 0 saturated carbocycles. The van der Waals surface area contributed by atoms with Gasteiger partial charge in [0, 0.05) is 11.8 Å². The van der Waals surface area contributed by atoms with Crippen LogP contribution in [0.4, 0.5) is 10.1 Å². The Hall–Kier alpha value is -1.78. The van der Waals surface area contributed by atoms with Crippen LogP contribution in [0, 0.1) is 5.82 Å². The molecule has 18 heavy (non-hydrogen) atoms. The normalized spacial score (nSPS) is 11.8. The van der Waals surface area contributed by atoms with Crippen LogP contribution in [-0.4, -0.2) is 25.7 Å². The number of carbonyl (C=O) groups excluding carboxylic acids is 1. The maximum atomic E-state index is 13.6. The first-order valence-corrected chi connectivity index (χ1v) is 5.89. The van der Waals surface area contributed by atoms with Crippen molar-refractivity contribution in [2.75, 3.05) is 19.0 Å². The van der Waals surface area contributed by atoms with Crippen molar-refractivity contribution < 1.29 is 18.7 Å². The lowest BCUT2D eigenvalue weighted by molar-refractivity contribution is -0.141. The number of carbonyl (C=O) groups is 1. The van der Waals surface area contributed by atoms with Gasteiger partial charge >= 0.3 is 5.97 Å². The van der Waals surface area contributed by atoms with Gasteiger partial charge in [-0.2, -0.15) is 0 Å². The van der Waals surface area contributed by atoms with E-state index in [1.165, 1.54) is 19.2 Å². The third kappa shape index (κ3) is 3.61. The van der Waals surface area contributed by atoms with E-state index in [-0.39, 0.29) is 11.7 Å². The third-order valence-electron chi connectivity index (χ3n) is 2.47. The molecule has 0 heterocycles. The van der Waals surface area contributed by atoms with E-state index in [0.29, 0.717) is 18.7 Å². The predicted molar refractivity (Wildman–Crippen MR) is 67.3 cm³/mol. The smallest absolute Gasteiger partial charge is 0.328 e. The van der Waals surface area contributed by atoms with Gasteiger partial charge in [-0.15, -0.1) is 0 Å². The summed E-state index contributed by atoms with van der Waals surface area (Å²) in [5.74, 6) is -0.623. The first-order valence-electron chi connectivity index (χ1n) is 5.89. The number of ether oxygens (including phenoxy) is 2. The first-order chi connectivity index (χ1) is 8.62. The molecule has 4 nitrogen and oxygen atoms in total. The van der Waals surface area contributed by atoms with E-state index in [0.717, 1.165) is 0 Å². The largest absolute Gasteiger partial charge is 0.491 e. The number of hydrogen-bond acceptors (Lipinski definition) is 4. The minimum Gasteiger partial charge on any atom is -0.491 e. The summed E-state index contributed by atoms with van der Waals surface area (Å²) in [5.41, 5.74) is 0.521. The van der Waals surface area contributed by atoms with Crippen molar-refractivity contribution in [3.8, 4) is 5.75 Å². The molecule has 0 aliphatic heterocycles. The monoisotopic (exact) mass is 255 g/mol. The summed E-state index contributed by atoms with van der Waals surface area (Å²) >= 11 is 0. The molecule has 1 aromatic carbocycles. The van der Waals surface area contributed by atoms with Crippen molar-refractivity contribution in [2.24, 2.45) is 0 Å². The summed E-state index contributed by atoms with van der Waals surface area (Å²) < 4.78 is 23.3. The highest BCUT2D eigenvalue weighted by Crippen LogP contribution is 2.22. The molecule has 0 aromatic heterocycles. The second-order valence-electron chi connectivity index (χ2n) is 3.71. The lowest BCUT2D eigenvalue weighted by Gasteiger charge is -2.16. The number of anilines is 1. The van der Waals surface area contributed by atoms with Gasteiger partial charge in [-0.1, -0.05) is 6.92 Å². The molecule has 0 amide bonds. The number of hydrogen-bond donors (Lipinski definition) is 1. The van der Waals surface area contributed by atoms with Crippen molar-refractivity contribution in [1.29, 1.82) is 0 Å². The Morgan fingerprint density at radius 3 is 2.67 bits per heavy atom. The second-order valence-corrected chi connectivity index (χ2v) is 3.71. The fourth-order valence-corrected chi connectivity index (χ4v) is 1.53. The maximum absolute atomic E-state index is 13.6. The highest BCUT2D eigenvalue weighted by atomic mass is 19.1. The van der Waals surface area contributed by atoms with Gasteiger partial charge in [-0.05, 0) is 25.5 Å². The quantitative estimate of drug-likeness (QED) is 0.794. The molecule has 0 fully saturated rings. The van der Waals surface area contributed by atoms with Crippen LogP contribution in [0.3, 0.4) is 0 Å². The van der Waals surface area contributed by atoms with Crippen molar-refractivity contribution >= 4 is 11.7 Å². The zero-order chi connectivity index (χ0) is 13.5. The van der Waals surface area contributed by atoms with Crippen LogP contribution in [0.15, 0.2) is 18.2 Å².